The van der Waals surface area contributed by atoms with E-state index in [9.17, 15) is 9.59 Å². The lowest BCUT2D eigenvalue weighted by Crippen LogP contribution is -2.49. The predicted molar refractivity (Wildman–Crippen MR) is 96.7 cm³/mol. The maximum Gasteiger partial charge on any atom is 0.335 e. The molecule has 1 fully saturated rings. The van der Waals surface area contributed by atoms with Gasteiger partial charge in [-0.1, -0.05) is 42.5 Å². The Hall–Kier alpha value is -2.70. The van der Waals surface area contributed by atoms with Gasteiger partial charge in [-0.05, 0) is 23.3 Å². The Balaban J connectivity index is 1.50. The van der Waals surface area contributed by atoms with E-state index in [0.29, 0.717) is 19.7 Å². The zero-order valence-corrected chi connectivity index (χ0v) is 14.4. The van der Waals surface area contributed by atoms with Crippen molar-refractivity contribution in [3.63, 3.8) is 0 Å². The van der Waals surface area contributed by atoms with Crippen LogP contribution in [-0.2, 0) is 22.6 Å². The van der Waals surface area contributed by atoms with Crippen LogP contribution in [0.25, 0.3) is 0 Å². The van der Waals surface area contributed by atoms with Crippen molar-refractivity contribution in [2.45, 2.75) is 19.2 Å². The summed E-state index contributed by atoms with van der Waals surface area (Å²) < 4.78 is 5.62. The maximum absolute atomic E-state index is 12.4. The Morgan fingerprint density at radius 1 is 1.08 bits per heavy atom. The number of carboxylic acid groups (broad SMARTS) is 1. The van der Waals surface area contributed by atoms with Crippen molar-refractivity contribution in [2.24, 2.45) is 0 Å². The smallest absolute Gasteiger partial charge is 0.335 e. The standard InChI is InChI=1S/C20H22N2O4/c23-19(21-12-15-6-8-17(9-7-15)20(24)25)18-14-22(10-11-26-18)13-16-4-2-1-3-5-16/h1-9,18H,10-14H2,(H,21,23)(H,24,25)/t18-/m1/s1. The highest BCUT2D eigenvalue weighted by molar-refractivity contribution is 5.87. The van der Waals surface area contributed by atoms with Crippen LogP contribution in [0.5, 0.6) is 0 Å². The molecule has 1 atom stereocenters. The Labute approximate surface area is 152 Å². The Bertz CT molecular complexity index is 746. The highest BCUT2D eigenvalue weighted by Crippen LogP contribution is 2.11. The van der Waals surface area contributed by atoms with E-state index in [1.807, 2.05) is 18.2 Å². The topological polar surface area (TPSA) is 78.9 Å². The normalized spacial score (nSPS) is 17.6. The molecule has 1 heterocycles. The highest BCUT2D eigenvalue weighted by atomic mass is 16.5. The second-order valence-electron chi connectivity index (χ2n) is 6.30. The highest BCUT2D eigenvalue weighted by Gasteiger charge is 2.26. The number of morpholine rings is 1. The number of amides is 1. The summed E-state index contributed by atoms with van der Waals surface area (Å²) in [5, 5.41) is 11.8. The van der Waals surface area contributed by atoms with Crippen LogP contribution in [0, 0.1) is 0 Å². The van der Waals surface area contributed by atoms with E-state index in [-0.39, 0.29) is 11.5 Å². The molecule has 2 N–H and O–H groups in total. The quantitative estimate of drug-likeness (QED) is 0.828. The van der Waals surface area contributed by atoms with Crippen LogP contribution in [-0.4, -0.2) is 47.7 Å². The summed E-state index contributed by atoms with van der Waals surface area (Å²) in [6, 6.07) is 16.6. The summed E-state index contributed by atoms with van der Waals surface area (Å²) in [7, 11) is 0. The average molecular weight is 354 g/mol. The van der Waals surface area contributed by atoms with Crippen molar-refractivity contribution < 1.29 is 19.4 Å². The lowest BCUT2D eigenvalue weighted by atomic mass is 10.1. The molecule has 0 unspecified atom stereocenters. The molecule has 2 aromatic carbocycles. The minimum atomic E-state index is -0.963. The number of carbonyl (C=O) groups is 2. The lowest BCUT2D eigenvalue weighted by molar-refractivity contribution is -0.139. The molecule has 2 aromatic rings. The van der Waals surface area contributed by atoms with Crippen molar-refractivity contribution in [2.75, 3.05) is 19.7 Å². The SMILES string of the molecule is O=C(O)c1ccc(CNC(=O)[C@H]2CN(Cc3ccccc3)CCO2)cc1. The minimum Gasteiger partial charge on any atom is -0.478 e. The number of nitrogens with zero attached hydrogens (tertiary/aromatic N) is 1. The van der Waals surface area contributed by atoms with Gasteiger partial charge in [-0.15, -0.1) is 0 Å². The Morgan fingerprint density at radius 2 is 1.81 bits per heavy atom. The van der Waals surface area contributed by atoms with Crippen molar-refractivity contribution in [3.05, 3.63) is 71.3 Å². The molecule has 0 aliphatic carbocycles. The van der Waals surface area contributed by atoms with Crippen LogP contribution >= 0.6 is 0 Å². The third kappa shape index (κ3) is 4.91. The van der Waals surface area contributed by atoms with Crippen molar-refractivity contribution in [3.8, 4) is 0 Å². The summed E-state index contributed by atoms with van der Waals surface area (Å²) in [5.41, 5.74) is 2.29. The van der Waals surface area contributed by atoms with E-state index in [1.54, 1.807) is 12.1 Å². The fourth-order valence-corrected chi connectivity index (χ4v) is 2.91. The van der Waals surface area contributed by atoms with Crippen molar-refractivity contribution >= 4 is 11.9 Å². The molecule has 0 radical (unpaired) electrons. The summed E-state index contributed by atoms with van der Waals surface area (Å²) >= 11 is 0. The minimum absolute atomic E-state index is 0.148. The van der Waals surface area contributed by atoms with E-state index in [2.05, 4.69) is 22.3 Å². The van der Waals surface area contributed by atoms with E-state index < -0.39 is 12.1 Å². The summed E-state index contributed by atoms with van der Waals surface area (Å²) in [6.07, 6.45) is -0.495. The molecule has 0 bridgehead atoms. The van der Waals surface area contributed by atoms with Gasteiger partial charge in [-0.25, -0.2) is 4.79 Å². The molecular weight excluding hydrogens is 332 g/mol. The lowest BCUT2D eigenvalue weighted by Gasteiger charge is -2.32. The molecule has 0 spiro atoms. The molecule has 1 saturated heterocycles. The van der Waals surface area contributed by atoms with E-state index in [4.69, 9.17) is 9.84 Å². The summed E-state index contributed by atoms with van der Waals surface area (Å²) in [5.74, 6) is -1.11. The molecule has 3 rings (SSSR count). The van der Waals surface area contributed by atoms with Crippen LogP contribution in [0.3, 0.4) is 0 Å². The zero-order valence-electron chi connectivity index (χ0n) is 14.4. The van der Waals surface area contributed by atoms with Crippen molar-refractivity contribution in [1.82, 2.24) is 10.2 Å². The van der Waals surface area contributed by atoms with Gasteiger partial charge in [-0.3, -0.25) is 9.69 Å². The Kier molecular flexibility index (Phi) is 5.99. The Morgan fingerprint density at radius 3 is 2.50 bits per heavy atom. The van der Waals surface area contributed by atoms with Gasteiger partial charge in [0.1, 0.15) is 6.10 Å². The van der Waals surface area contributed by atoms with Crippen LogP contribution in [0.4, 0.5) is 0 Å². The van der Waals surface area contributed by atoms with E-state index in [1.165, 1.54) is 17.7 Å². The number of nitrogens with one attached hydrogen (secondary N) is 1. The first-order valence-corrected chi connectivity index (χ1v) is 8.59. The molecule has 1 aliphatic rings. The molecule has 136 valence electrons. The number of carboxylic acids is 1. The molecule has 1 amide bonds. The first-order valence-electron chi connectivity index (χ1n) is 8.59. The zero-order chi connectivity index (χ0) is 18.4. The number of hydrogen-bond acceptors (Lipinski definition) is 4. The largest absolute Gasteiger partial charge is 0.478 e. The molecule has 0 aromatic heterocycles. The van der Waals surface area contributed by atoms with Crippen molar-refractivity contribution in [1.29, 1.82) is 0 Å². The van der Waals surface area contributed by atoms with Gasteiger partial charge >= 0.3 is 5.97 Å². The molecule has 1 aliphatic heterocycles. The number of benzene rings is 2. The molecule has 6 heteroatoms. The fraction of sp³-hybridized carbons (Fsp3) is 0.300. The number of ether oxygens (including phenoxy) is 1. The van der Waals surface area contributed by atoms with Crippen LogP contribution in [0.15, 0.2) is 54.6 Å². The van der Waals surface area contributed by atoms with Gasteiger partial charge in [0.05, 0.1) is 12.2 Å². The first kappa shape index (κ1) is 18.1. The number of hydrogen-bond donors (Lipinski definition) is 2. The third-order valence-corrected chi connectivity index (χ3v) is 4.36. The summed E-state index contributed by atoms with van der Waals surface area (Å²) in [4.78, 5) is 25.5. The second kappa shape index (κ2) is 8.60. The fourth-order valence-electron chi connectivity index (χ4n) is 2.91. The summed E-state index contributed by atoms with van der Waals surface area (Å²) in [6.45, 7) is 3.02. The van der Waals surface area contributed by atoms with Crippen LogP contribution in [0.1, 0.15) is 21.5 Å². The first-order chi connectivity index (χ1) is 12.6. The number of carbonyl (C=O) groups excluding carboxylic acids is 1. The number of aromatic carboxylic acids is 1. The average Bonchev–Trinajstić information content (AvgIpc) is 2.67. The third-order valence-electron chi connectivity index (χ3n) is 4.36. The van der Waals surface area contributed by atoms with Crippen LogP contribution in [0.2, 0.25) is 0 Å². The van der Waals surface area contributed by atoms with Gasteiger partial charge in [0.25, 0.3) is 5.91 Å². The molecule has 26 heavy (non-hydrogen) atoms. The van der Waals surface area contributed by atoms with Gasteiger partial charge in [0.15, 0.2) is 0 Å². The number of rotatable bonds is 6. The van der Waals surface area contributed by atoms with Gasteiger partial charge in [-0.2, -0.15) is 0 Å². The van der Waals surface area contributed by atoms with Crippen LogP contribution < -0.4 is 5.32 Å². The van der Waals surface area contributed by atoms with E-state index >= 15 is 0 Å². The molecule has 6 nitrogen and oxygen atoms in total. The van der Waals surface area contributed by atoms with E-state index in [0.717, 1.165) is 18.7 Å². The molecule has 0 saturated carbocycles. The van der Waals surface area contributed by atoms with Gasteiger partial charge in [0.2, 0.25) is 0 Å². The second-order valence-corrected chi connectivity index (χ2v) is 6.30. The predicted octanol–water partition coefficient (Wildman–Crippen LogP) is 1.90. The van der Waals surface area contributed by atoms with Gasteiger partial charge in [0, 0.05) is 26.2 Å². The monoisotopic (exact) mass is 354 g/mol. The molecular formula is C20H22N2O4. The maximum atomic E-state index is 12.4. The van der Waals surface area contributed by atoms with Gasteiger partial charge < -0.3 is 15.2 Å².